The van der Waals surface area contributed by atoms with Gasteiger partial charge in [0, 0.05) is 5.56 Å². The van der Waals surface area contributed by atoms with Gasteiger partial charge in [0.25, 0.3) is 0 Å². The molecule has 2 nitrogen and oxygen atoms in total. The van der Waals surface area contributed by atoms with Gasteiger partial charge < -0.3 is 0 Å². The Balaban J connectivity index is 2.78. The molecule has 2 rings (SSSR count). The zero-order chi connectivity index (χ0) is 14.8. The average Bonchev–Trinajstić information content (AvgIpc) is 2.42. The maximum Gasteiger partial charge on any atom is 0.182 e. The van der Waals surface area contributed by atoms with Gasteiger partial charge in [-0.3, -0.25) is 0 Å². The number of sulfone groups is 1. The third kappa shape index (κ3) is 2.68. The Hall–Kier alpha value is -1.87. The highest BCUT2D eigenvalue weighted by Crippen LogP contribution is 2.32. The van der Waals surface area contributed by atoms with E-state index in [1.165, 1.54) is 6.08 Å². The Labute approximate surface area is 120 Å². The number of hydrogen-bond donors (Lipinski definition) is 0. The molecule has 0 amide bonds. The molecule has 0 N–H and O–H groups in total. The first-order valence-corrected chi connectivity index (χ1v) is 8.12. The summed E-state index contributed by atoms with van der Waals surface area (Å²) >= 11 is 0. The summed E-state index contributed by atoms with van der Waals surface area (Å²) in [6.07, 6.45) is 1.44. The van der Waals surface area contributed by atoms with Crippen molar-refractivity contribution in [3.63, 3.8) is 0 Å². The zero-order valence-electron chi connectivity index (χ0n) is 11.8. The van der Waals surface area contributed by atoms with Crippen molar-refractivity contribution in [3.8, 4) is 11.1 Å². The van der Waals surface area contributed by atoms with Gasteiger partial charge in [-0.25, -0.2) is 8.42 Å². The second-order valence-corrected chi connectivity index (χ2v) is 6.79. The lowest BCUT2D eigenvalue weighted by Crippen LogP contribution is -2.09. The molecule has 3 heteroatoms. The first-order chi connectivity index (χ1) is 9.47. The molecular formula is C17H18O2S. The molecule has 104 valence electrons. The highest BCUT2D eigenvalue weighted by molar-refractivity contribution is 7.91. The normalized spacial score (nSPS) is 11.3. The lowest BCUT2D eigenvalue weighted by Gasteiger charge is -2.15. The average molecular weight is 286 g/mol. The van der Waals surface area contributed by atoms with Gasteiger partial charge in [-0.15, -0.1) is 6.58 Å². The molecule has 0 bridgehead atoms. The zero-order valence-corrected chi connectivity index (χ0v) is 12.6. The third-order valence-corrected chi connectivity index (χ3v) is 5.23. The lowest BCUT2D eigenvalue weighted by atomic mass is 10.0. The highest BCUT2D eigenvalue weighted by Gasteiger charge is 2.21. The maximum atomic E-state index is 12.5. The fourth-order valence-corrected chi connectivity index (χ4v) is 3.90. The summed E-state index contributed by atoms with van der Waals surface area (Å²) in [5, 5.41) is 0. The second-order valence-electron chi connectivity index (χ2n) is 4.82. The van der Waals surface area contributed by atoms with E-state index in [9.17, 15) is 8.42 Å². The third-order valence-electron chi connectivity index (χ3n) is 3.41. The summed E-state index contributed by atoms with van der Waals surface area (Å²) in [6.45, 7) is 7.33. The smallest absolute Gasteiger partial charge is 0.182 e. The number of hydrogen-bond acceptors (Lipinski definition) is 2. The van der Waals surface area contributed by atoms with Gasteiger partial charge in [0.2, 0.25) is 0 Å². The molecule has 0 heterocycles. The maximum absolute atomic E-state index is 12.5. The molecule has 0 aliphatic heterocycles. The van der Waals surface area contributed by atoms with Crippen LogP contribution in [0.4, 0.5) is 0 Å². The molecule has 0 aliphatic carbocycles. The Bertz CT molecular complexity index is 729. The van der Waals surface area contributed by atoms with Crippen LogP contribution < -0.4 is 0 Å². The van der Waals surface area contributed by atoms with Crippen molar-refractivity contribution in [3.05, 3.63) is 66.2 Å². The Kier molecular flexibility index (Phi) is 4.09. The van der Waals surface area contributed by atoms with Crippen LogP contribution in [0.2, 0.25) is 0 Å². The minimum absolute atomic E-state index is 0.0445. The summed E-state index contributed by atoms with van der Waals surface area (Å²) in [4.78, 5) is 0.420. The molecule has 2 aromatic carbocycles. The van der Waals surface area contributed by atoms with Crippen molar-refractivity contribution in [2.24, 2.45) is 0 Å². The quantitative estimate of drug-likeness (QED) is 0.798. The summed E-state index contributed by atoms with van der Waals surface area (Å²) in [5.74, 6) is -0.0445. The summed E-state index contributed by atoms with van der Waals surface area (Å²) in [5.41, 5.74) is 3.47. The molecular weight excluding hydrogens is 268 g/mol. The first-order valence-electron chi connectivity index (χ1n) is 6.46. The lowest BCUT2D eigenvalue weighted by molar-refractivity contribution is 0.598. The van der Waals surface area contributed by atoms with Crippen molar-refractivity contribution in [2.45, 2.75) is 18.7 Å². The van der Waals surface area contributed by atoms with Crippen LogP contribution in [-0.4, -0.2) is 14.2 Å². The van der Waals surface area contributed by atoms with E-state index < -0.39 is 9.84 Å². The fraction of sp³-hybridized carbons (Fsp3) is 0.176. The summed E-state index contributed by atoms with van der Waals surface area (Å²) < 4.78 is 25.1. The van der Waals surface area contributed by atoms with Gasteiger partial charge >= 0.3 is 0 Å². The van der Waals surface area contributed by atoms with Crippen LogP contribution >= 0.6 is 0 Å². The van der Waals surface area contributed by atoms with E-state index in [1.54, 1.807) is 0 Å². The van der Waals surface area contributed by atoms with Gasteiger partial charge in [-0.2, -0.15) is 0 Å². The van der Waals surface area contributed by atoms with E-state index in [1.807, 2.05) is 56.3 Å². The van der Waals surface area contributed by atoms with Crippen molar-refractivity contribution >= 4 is 9.84 Å². The number of rotatable bonds is 4. The Morgan fingerprint density at radius 2 is 1.70 bits per heavy atom. The Morgan fingerprint density at radius 1 is 1.05 bits per heavy atom. The van der Waals surface area contributed by atoms with Gasteiger partial charge in [-0.1, -0.05) is 48.5 Å². The minimum atomic E-state index is -3.36. The van der Waals surface area contributed by atoms with E-state index in [4.69, 9.17) is 0 Å². The van der Waals surface area contributed by atoms with Gasteiger partial charge in [0.1, 0.15) is 0 Å². The molecule has 20 heavy (non-hydrogen) atoms. The van der Waals surface area contributed by atoms with Crippen LogP contribution in [0.15, 0.2) is 60.0 Å². The van der Waals surface area contributed by atoms with Gasteiger partial charge in [0.15, 0.2) is 9.84 Å². The molecule has 0 fully saturated rings. The van der Waals surface area contributed by atoms with Crippen LogP contribution in [0.1, 0.15) is 11.1 Å². The molecule has 0 saturated carbocycles. The molecule has 0 aliphatic rings. The molecule has 0 atom stereocenters. The summed E-state index contributed by atoms with van der Waals surface area (Å²) in [6, 6.07) is 13.4. The molecule has 2 aromatic rings. The minimum Gasteiger partial charge on any atom is -0.223 e. The number of aryl methyl sites for hydroxylation is 1. The predicted octanol–water partition coefficient (Wildman–Crippen LogP) is 3.93. The van der Waals surface area contributed by atoms with Crippen molar-refractivity contribution in [1.82, 2.24) is 0 Å². The van der Waals surface area contributed by atoms with Crippen LogP contribution in [0.25, 0.3) is 11.1 Å². The fourth-order valence-electron chi connectivity index (χ4n) is 2.27. The van der Waals surface area contributed by atoms with Crippen molar-refractivity contribution in [1.29, 1.82) is 0 Å². The van der Waals surface area contributed by atoms with Crippen molar-refractivity contribution in [2.75, 3.05) is 5.75 Å². The molecule has 0 saturated heterocycles. The standard InChI is InChI=1S/C17H18O2S/c1-4-12-20(18,19)17-14(3)13(2)10-11-16(17)15-8-6-5-7-9-15/h4-11H,1,12H2,2-3H3. The SMILES string of the molecule is C=CCS(=O)(=O)c1c(-c2ccccc2)ccc(C)c1C. The van der Waals surface area contributed by atoms with Crippen molar-refractivity contribution < 1.29 is 8.42 Å². The second kappa shape index (κ2) is 5.63. The van der Waals surface area contributed by atoms with Crippen LogP contribution in [0.5, 0.6) is 0 Å². The highest BCUT2D eigenvalue weighted by atomic mass is 32.2. The van der Waals surface area contributed by atoms with E-state index in [0.29, 0.717) is 4.90 Å². The number of benzene rings is 2. The van der Waals surface area contributed by atoms with Crippen LogP contribution in [0, 0.1) is 13.8 Å². The van der Waals surface area contributed by atoms with E-state index in [-0.39, 0.29) is 5.75 Å². The first kappa shape index (κ1) is 14.5. The van der Waals surface area contributed by atoms with Gasteiger partial charge in [-0.05, 0) is 30.5 Å². The van der Waals surface area contributed by atoms with E-state index in [0.717, 1.165) is 22.3 Å². The van der Waals surface area contributed by atoms with Crippen LogP contribution in [-0.2, 0) is 9.84 Å². The monoisotopic (exact) mass is 286 g/mol. The van der Waals surface area contributed by atoms with Crippen LogP contribution in [0.3, 0.4) is 0 Å². The largest absolute Gasteiger partial charge is 0.223 e. The topological polar surface area (TPSA) is 34.1 Å². The van der Waals surface area contributed by atoms with Gasteiger partial charge in [0.05, 0.1) is 10.6 Å². The molecule has 0 unspecified atom stereocenters. The predicted molar refractivity (Wildman–Crippen MR) is 83.6 cm³/mol. The van der Waals surface area contributed by atoms with E-state index >= 15 is 0 Å². The molecule has 0 radical (unpaired) electrons. The summed E-state index contributed by atoms with van der Waals surface area (Å²) in [7, 11) is -3.36. The molecule has 0 aromatic heterocycles. The Morgan fingerprint density at radius 3 is 2.30 bits per heavy atom. The molecule has 0 spiro atoms. The van der Waals surface area contributed by atoms with E-state index in [2.05, 4.69) is 6.58 Å².